The van der Waals surface area contributed by atoms with E-state index in [0.717, 1.165) is 22.7 Å². The number of nitrogens with zero attached hydrogens (tertiary/aromatic N) is 7. The van der Waals surface area contributed by atoms with Gasteiger partial charge in [-0.2, -0.15) is 18.3 Å². The first-order chi connectivity index (χ1) is 16.7. The molecule has 5 rings (SSSR count). The first-order valence-electron chi connectivity index (χ1n) is 10.1. The van der Waals surface area contributed by atoms with E-state index in [0.29, 0.717) is 22.3 Å². The molecule has 0 saturated carbocycles. The summed E-state index contributed by atoms with van der Waals surface area (Å²) in [6.07, 6.45) is -3.02. The molecule has 0 aliphatic carbocycles. The van der Waals surface area contributed by atoms with Crippen molar-refractivity contribution in [2.24, 2.45) is 15.4 Å². The first kappa shape index (κ1) is 23.2. The zero-order valence-corrected chi connectivity index (χ0v) is 19.1. The number of rotatable bonds is 5. The van der Waals surface area contributed by atoms with Crippen LogP contribution in [-0.2, 0) is 17.5 Å². The van der Waals surface area contributed by atoms with Gasteiger partial charge in [0.15, 0.2) is 0 Å². The molecule has 1 saturated heterocycles. The zero-order valence-electron chi connectivity index (χ0n) is 17.5. The van der Waals surface area contributed by atoms with Gasteiger partial charge in [-0.05, 0) is 58.5 Å². The lowest BCUT2D eigenvalue weighted by Gasteiger charge is -2.13. The van der Waals surface area contributed by atoms with Crippen LogP contribution in [0.1, 0.15) is 16.7 Å². The lowest BCUT2D eigenvalue weighted by Crippen LogP contribution is -2.34. The zero-order chi connectivity index (χ0) is 24.7. The summed E-state index contributed by atoms with van der Waals surface area (Å²) in [6, 6.07) is 8.52. The van der Waals surface area contributed by atoms with Gasteiger partial charge in [0.2, 0.25) is 0 Å². The second kappa shape index (κ2) is 8.89. The van der Waals surface area contributed by atoms with Crippen molar-refractivity contribution in [3.63, 3.8) is 0 Å². The molecule has 0 unspecified atom stereocenters. The molecular weight excluding hydrogens is 507 g/mol. The second-order valence-corrected chi connectivity index (χ2v) is 9.05. The fourth-order valence-electron chi connectivity index (χ4n) is 3.60. The molecule has 9 nitrogen and oxygen atoms in total. The van der Waals surface area contributed by atoms with Crippen LogP contribution in [0.3, 0.4) is 0 Å². The van der Waals surface area contributed by atoms with E-state index in [4.69, 9.17) is 11.6 Å². The molecule has 2 amide bonds. The number of alkyl halides is 3. The summed E-state index contributed by atoms with van der Waals surface area (Å²) in [5.41, 5.74) is 1.18. The molecule has 0 radical (unpaired) electrons. The Hall–Kier alpha value is -3.58. The average molecular weight is 520 g/mol. The Bertz CT molecular complexity index is 1460. The average Bonchev–Trinajstić information content (AvgIpc) is 3.52. The molecule has 2 aliphatic heterocycles. The molecule has 2 aromatic carbocycles. The maximum absolute atomic E-state index is 13.4. The molecule has 1 fully saturated rings. The molecule has 0 N–H and O–H groups in total. The summed E-state index contributed by atoms with van der Waals surface area (Å²) in [4.78, 5) is 26.3. The van der Waals surface area contributed by atoms with Crippen molar-refractivity contribution in [3.8, 4) is 0 Å². The molecule has 14 heteroatoms. The Balaban J connectivity index is 1.39. The third-order valence-electron chi connectivity index (χ3n) is 5.25. The highest BCUT2D eigenvalue weighted by atomic mass is 35.5. The van der Waals surface area contributed by atoms with Gasteiger partial charge in [-0.25, -0.2) is 4.68 Å². The fourth-order valence-corrected chi connectivity index (χ4v) is 4.61. The van der Waals surface area contributed by atoms with Gasteiger partial charge < -0.3 is 0 Å². The van der Waals surface area contributed by atoms with Crippen molar-refractivity contribution < 1.29 is 22.8 Å². The predicted octanol–water partition coefficient (Wildman–Crippen LogP) is 5.01. The molecule has 1 aromatic heterocycles. The minimum absolute atomic E-state index is 0.00100. The van der Waals surface area contributed by atoms with E-state index in [1.54, 1.807) is 24.3 Å². The van der Waals surface area contributed by atoms with Crippen molar-refractivity contribution in [2.45, 2.75) is 12.7 Å². The van der Waals surface area contributed by atoms with Crippen molar-refractivity contribution in [1.29, 1.82) is 0 Å². The van der Waals surface area contributed by atoms with Crippen LogP contribution in [0, 0.1) is 0 Å². The lowest BCUT2D eigenvalue weighted by molar-refractivity contribution is -0.138. The minimum atomic E-state index is -4.57. The van der Waals surface area contributed by atoms with Crippen LogP contribution in [0.4, 0.5) is 18.0 Å². The molecule has 3 heterocycles. The fraction of sp³-hybridized carbons (Fsp3) is 0.190. The number of amides is 2. The maximum Gasteiger partial charge on any atom is 0.416 e. The molecule has 35 heavy (non-hydrogen) atoms. The summed E-state index contributed by atoms with van der Waals surface area (Å²) in [5.74, 6) is -0.458. The van der Waals surface area contributed by atoms with Crippen LogP contribution in [0.15, 0.2) is 56.7 Å². The number of halogens is 4. The van der Waals surface area contributed by atoms with Crippen LogP contribution in [0.2, 0.25) is 5.02 Å². The normalized spacial score (nSPS) is 17.3. The van der Waals surface area contributed by atoms with E-state index in [1.165, 1.54) is 16.8 Å². The number of carbonyl (C=O) groups excluding carboxylic acids is 2. The topological polar surface area (TPSA) is 105 Å². The summed E-state index contributed by atoms with van der Waals surface area (Å²) >= 11 is 6.55. The lowest BCUT2D eigenvalue weighted by atomic mass is 10.1. The van der Waals surface area contributed by atoms with Crippen LogP contribution < -0.4 is 0 Å². The number of carbonyl (C=O) groups is 2. The maximum atomic E-state index is 13.4. The number of hydrogen-bond acceptors (Lipinski definition) is 8. The Kier molecular flexibility index (Phi) is 5.89. The summed E-state index contributed by atoms with van der Waals surface area (Å²) < 4.78 is 41.7. The third-order valence-corrected chi connectivity index (χ3v) is 6.39. The van der Waals surface area contributed by atoms with Gasteiger partial charge in [-0.15, -0.1) is 10.2 Å². The van der Waals surface area contributed by atoms with Crippen molar-refractivity contribution in [1.82, 2.24) is 19.9 Å². The van der Waals surface area contributed by atoms with E-state index in [2.05, 4.69) is 25.8 Å². The van der Waals surface area contributed by atoms with E-state index in [1.807, 2.05) is 0 Å². The van der Waals surface area contributed by atoms with Gasteiger partial charge in [-0.3, -0.25) is 14.5 Å². The van der Waals surface area contributed by atoms with E-state index in [9.17, 15) is 22.8 Å². The van der Waals surface area contributed by atoms with Gasteiger partial charge in [0.05, 0.1) is 34.8 Å². The van der Waals surface area contributed by atoms with Crippen LogP contribution >= 0.6 is 23.4 Å². The van der Waals surface area contributed by atoms with Gasteiger partial charge in [0.25, 0.3) is 11.1 Å². The van der Waals surface area contributed by atoms with Crippen molar-refractivity contribution in [3.05, 3.63) is 63.0 Å². The standard InChI is InChI=1S/C21H13ClF3N7O2S/c22-13-3-2-12(15(7-13)21(23,24)25)9-32-17-4-1-11(5-16(17)28-30-32)6-18-19(33)31(20(34)35-18)10-14-8-26-29-27-14/h1-7H,8-10H2/b18-6-. The number of fused-ring (bicyclic) bond motifs is 1. The molecule has 3 aromatic rings. The summed E-state index contributed by atoms with van der Waals surface area (Å²) in [6.45, 7) is 0.101. The highest BCUT2D eigenvalue weighted by Gasteiger charge is 2.36. The van der Waals surface area contributed by atoms with E-state index >= 15 is 0 Å². The smallest absolute Gasteiger partial charge is 0.268 e. The monoisotopic (exact) mass is 519 g/mol. The van der Waals surface area contributed by atoms with Gasteiger partial charge in [0, 0.05) is 5.02 Å². The van der Waals surface area contributed by atoms with Gasteiger partial charge >= 0.3 is 6.18 Å². The third kappa shape index (κ3) is 4.68. The van der Waals surface area contributed by atoms with E-state index < -0.39 is 22.9 Å². The van der Waals surface area contributed by atoms with Crippen LogP contribution in [0.5, 0.6) is 0 Å². The minimum Gasteiger partial charge on any atom is -0.268 e. The first-order valence-corrected chi connectivity index (χ1v) is 11.2. The second-order valence-electron chi connectivity index (χ2n) is 7.62. The summed E-state index contributed by atoms with van der Waals surface area (Å²) in [5, 5.41) is 18.6. The Labute approximate surface area is 204 Å². The number of aromatic nitrogens is 3. The Morgan fingerprint density at radius 2 is 1.94 bits per heavy atom. The molecule has 0 spiro atoms. The van der Waals surface area contributed by atoms with Gasteiger partial charge in [-0.1, -0.05) is 28.9 Å². The molecular formula is C21H13ClF3N7O2S. The Morgan fingerprint density at radius 3 is 2.69 bits per heavy atom. The number of benzene rings is 2. The Morgan fingerprint density at radius 1 is 1.11 bits per heavy atom. The molecule has 178 valence electrons. The number of hydrogen-bond donors (Lipinski definition) is 0. The van der Waals surface area contributed by atoms with Crippen LogP contribution in [0.25, 0.3) is 17.1 Å². The number of imide groups is 1. The number of thioether (sulfide) groups is 1. The van der Waals surface area contributed by atoms with Crippen molar-refractivity contribution in [2.75, 3.05) is 13.1 Å². The molecule has 0 atom stereocenters. The summed E-state index contributed by atoms with van der Waals surface area (Å²) in [7, 11) is 0. The van der Waals surface area contributed by atoms with E-state index in [-0.39, 0.29) is 35.1 Å². The predicted molar refractivity (Wildman–Crippen MR) is 123 cm³/mol. The van der Waals surface area contributed by atoms with Crippen LogP contribution in [-0.4, -0.2) is 49.8 Å². The van der Waals surface area contributed by atoms with Crippen molar-refractivity contribution >= 4 is 57.3 Å². The largest absolute Gasteiger partial charge is 0.416 e. The molecule has 0 bridgehead atoms. The SMILES string of the molecule is O=C1S/C(=C\c2ccc3c(c2)nnn3Cc2ccc(Cl)cc2C(F)(F)F)C(=O)N1CC1=NN=NC1. The highest BCUT2D eigenvalue weighted by molar-refractivity contribution is 8.18. The quantitative estimate of drug-likeness (QED) is 0.441. The molecule has 2 aliphatic rings. The highest BCUT2D eigenvalue weighted by Crippen LogP contribution is 2.35. The van der Waals surface area contributed by atoms with Gasteiger partial charge in [0.1, 0.15) is 12.1 Å².